The van der Waals surface area contributed by atoms with Crippen LogP contribution < -0.4 is 0 Å². The van der Waals surface area contributed by atoms with Crippen LogP contribution in [-0.2, 0) is 13.6 Å². The van der Waals surface area contributed by atoms with E-state index in [-0.39, 0.29) is 6.61 Å². The van der Waals surface area contributed by atoms with E-state index in [4.69, 9.17) is 28.3 Å². The largest absolute Gasteiger partial charge is 0.395 e. The van der Waals surface area contributed by atoms with E-state index in [0.29, 0.717) is 29.6 Å². The predicted octanol–water partition coefficient (Wildman–Crippen LogP) is 1.68. The van der Waals surface area contributed by atoms with Crippen LogP contribution in [-0.4, -0.2) is 38.8 Å². The van der Waals surface area contributed by atoms with E-state index in [1.807, 2.05) is 7.05 Å². The summed E-state index contributed by atoms with van der Waals surface area (Å²) in [5.41, 5.74) is 0.909. The van der Waals surface area contributed by atoms with Crippen LogP contribution in [0.15, 0.2) is 0 Å². The molecule has 0 spiro atoms. The van der Waals surface area contributed by atoms with Crippen molar-refractivity contribution in [1.82, 2.24) is 14.5 Å². The van der Waals surface area contributed by atoms with Crippen LogP contribution in [0.2, 0.25) is 10.4 Å². The lowest BCUT2D eigenvalue weighted by Gasteiger charge is -2.20. The molecule has 0 radical (unpaired) electrons. The third kappa shape index (κ3) is 2.51. The second kappa shape index (κ2) is 4.92. The summed E-state index contributed by atoms with van der Waals surface area (Å²) < 4.78 is 1.79. The smallest absolute Gasteiger partial charge is 0.204 e. The van der Waals surface area contributed by atoms with Crippen molar-refractivity contribution >= 4 is 23.2 Å². The summed E-state index contributed by atoms with van der Waals surface area (Å²) in [6.07, 6.45) is 2.40. The molecule has 0 unspecified atom stereocenters. The first-order chi connectivity index (χ1) is 7.63. The highest BCUT2D eigenvalue weighted by atomic mass is 35.5. The van der Waals surface area contributed by atoms with Gasteiger partial charge in [0.05, 0.1) is 12.3 Å². The number of aliphatic hydroxyl groups is 1. The highest BCUT2D eigenvalue weighted by Gasteiger charge is 2.29. The Morgan fingerprint density at radius 3 is 2.62 bits per heavy atom. The lowest BCUT2D eigenvalue weighted by Crippen LogP contribution is -2.29. The minimum Gasteiger partial charge on any atom is -0.395 e. The number of aromatic nitrogens is 2. The maximum absolute atomic E-state index is 9.01. The van der Waals surface area contributed by atoms with Gasteiger partial charge in [-0.05, 0) is 24.4 Å². The maximum Gasteiger partial charge on any atom is 0.204 e. The molecule has 0 atom stereocenters. The molecule has 1 fully saturated rings. The molecule has 1 saturated carbocycles. The van der Waals surface area contributed by atoms with Crippen LogP contribution in [0.5, 0.6) is 0 Å². The molecular weight excluding hydrogens is 249 g/mol. The average Bonchev–Trinajstić information content (AvgIpc) is 3.03. The molecule has 1 aliphatic carbocycles. The van der Waals surface area contributed by atoms with Crippen molar-refractivity contribution in [1.29, 1.82) is 0 Å². The lowest BCUT2D eigenvalue weighted by molar-refractivity contribution is 0.181. The Morgan fingerprint density at radius 1 is 1.50 bits per heavy atom. The van der Waals surface area contributed by atoms with E-state index >= 15 is 0 Å². The molecule has 16 heavy (non-hydrogen) atoms. The second-order valence-electron chi connectivity index (χ2n) is 4.10. The van der Waals surface area contributed by atoms with E-state index in [0.717, 1.165) is 5.69 Å². The number of hydrogen-bond donors (Lipinski definition) is 1. The lowest BCUT2D eigenvalue weighted by atomic mass is 10.3. The van der Waals surface area contributed by atoms with E-state index in [1.165, 1.54) is 12.8 Å². The number of imidazole rings is 1. The fourth-order valence-corrected chi connectivity index (χ4v) is 2.29. The maximum atomic E-state index is 9.01. The summed E-state index contributed by atoms with van der Waals surface area (Å²) in [5, 5.41) is 9.87. The minimum atomic E-state index is 0.166. The van der Waals surface area contributed by atoms with E-state index in [9.17, 15) is 0 Å². The molecule has 6 heteroatoms. The number of nitrogens with zero attached hydrogens (tertiary/aromatic N) is 3. The Labute approximate surface area is 105 Å². The topological polar surface area (TPSA) is 41.3 Å². The van der Waals surface area contributed by atoms with Crippen LogP contribution in [0.3, 0.4) is 0 Å². The first kappa shape index (κ1) is 12.2. The van der Waals surface area contributed by atoms with Crippen LogP contribution in [0, 0.1) is 0 Å². The third-order valence-electron chi connectivity index (χ3n) is 2.91. The van der Waals surface area contributed by atoms with Gasteiger partial charge in [-0.2, -0.15) is 0 Å². The molecule has 1 heterocycles. The molecular formula is C10H15Cl2N3O. The number of halogens is 2. The molecule has 0 aliphatic heterocycles. The first-order valence-corrected chi connectivity index (χ1v) is 6.10. The van der Waals surface area contributed by atoms with Gasteiger partial charge in [0.2, 0.25) is 5.28 Å². The fraction of sp³-hybridized carbons (Fsp3) is 0.700. The van der Waals surface area contributed by atoms with Gasteiger partial charge in [0.1, 0.15) is 0 Å². The average molecular weight is 264 g/mol. The zero-order valence-corrected chi connectivity index (χ0v) is 10.7. The van der Waals surface area contributed by atoms with Crippen molar-refractivity contribution in [2.75, 3.05) is 13.2 Å². The van der Waals surface area contributed by atoms with Crippen LogP contribution in [0.1, 0.15) is 18.5 Å². The molecule has 1 aliphatic rings. The quantitative estimate of drug-likeness (QED) is 0.879. The normalized spacial score (nSPS) is 16.1. The molecule has 0 saturated heterocycles. The molecule has 1 aromatic rings. The van der Waals surface area contributed by atoms with Crippen LogP contribution >= 0.6 is 23.2 Å². The van der Waals surface area contributed by atoms with Crippen LogP contribution in [0.25, 0.3) is 0 Å². The number of hydrogen-bond acceptors (Lipinski definition) is 3. The van der Waals surface area contributed by atoms with Crippen molar-refractivity contribution in [3.63, 3.8) is 0 Å². The van der Waals surface area contributed by atoms with Gasteiger partial charge in [0, 0.05) is 26.2 Å². The summed E-state index contributed by atoms with van der Waals surface area (Å²) >= 11 is 11.9. The van der Waals surface area contributed by atoms with Crippen molar-refractivity contribution in [2.45, 2.75) is 25.4 Å². The van der Waals surface area contributed by atoms with Crippen molar-refractivity contribution in [3.05, 3.63) is 16.1 Å². The zero-order chi connectivity index (χ0) is 11.7. The molecule has 90 valence electrons. The second-order valence-corrected chi connectivity index (χ2v) is 4.80. The Hall–Kier alpha value is -0.290. The van der Waals surface area contributed by atoms with Gasteiger partial charge in [0.25, 0.3) is 0 Å². The number of aliphatic hydroxyl groups excluding tert-OH is 1. The van der Waals surface area contributed by atoms with Gasteiger partial charge in [-0.3, -0.25) is 4.90 Å². The van der Waals surface area contributed by atoms with Gasteiger partial charge in [-0.15, -0.1) is 0 Å². The molecule has 1 aromatic heterocycles. The molecule has 0 bridgehead atoms. The third-order valence-corrected chi connectivity index (χ3v) is 3.55. The fourth-order valence-electron chi connectivity index (χ4n) is 1.79. The van der Waals surface area contributed by atoms with Crippen molar-refractivity contribution in [2.24, 2.45) is 7.05 Å². The monoisotopic (exact) mass is 263 g/mol. The van der Waals surface area contributed by atoms with E-state index in [1.54, 1.807) is 4.57 Å². The molecule has 0 amide bonds. The molecule has 0 aromatic carbocycles. The SMILES string of the molecule is Cn1c(Cl)nc(Cl)c1CN(CCO)C1CC1. The predicted molar refractivity (Wildman–Crippen MR) is 63.7 cm³/mol. The highest BCUT2D eigenvalue weighted by Crippen LogP contribution is 2.29. The van der Waals surface area contributed by atoms with E-state index < -0.39 is 0 Å². The Bertz CT molecular complexity index is 376. The highest BCUT2D eigenvalue weighted by molar-refractivity contribution is 6.32. The molecule has 2 rings (SSSR count). The van der Waals surface area contributed by atoms with Crippen molar-refractivity contribution in [3.8, 4) is 0 Å². The summed E-state index contributed by atoms with van der Waals surface area (Å²) in [6.45, 7) is 1.53. The van der Waals surface area contributed by atoms with Gasteiger partial charge in [0.15, 0.2) is 5.15 Å². The van der Waals surface area contributed by atoms with E-state index in [2.05, 4.69) is 9.88 Å². The summed E-state index contributed by atoms with van der Waals surface area (Å²) in [7, 11) is 1.85. The standard InChI is InChI=1S/C10H15Cl2N3O/c1-14-8(9(11)13-10(14)12)6-15(4-5-16)7-2-3-7/h7,16H,2-6H2,1H3. The van der Waals surface area contributed by atoms with Crippen molar-refractivity contribution < 1.29 is 5.11 Å². The van der Waals surface area contributed by atoms with Gasteiger partial charge in [-0.1, -0.05) is 11.6 Å². The van der Waals surface area contributed by atoms with Gasteiger partial charge in [-0.25, -0.2) is 4.98 Å². The summed E-state index contributed by atoms with van der Waals surface area (Å²) in [6, 6.07) is 0.580. The zero-order valence-electron chi connectivity index (χ0n) is 9.16. The summed E-state index contributed by atoms with van der Waals surface area (Å²) in [4.78, 5) is 6.23. The minimum absolute atomic E-state index is 0.166. The Balaban J connectivity index is 2.11. The first-order valence-electron chi connectivity index (χ1n) is 5.35. The van der Waals surface area contributed by atoms with Gasteiger partial charge >= 0.3 is 0 Å². The van der Waals surface area contributed by atoms with Crippen LogP contribution in [0.4, 0.5) is 0 Å². The number of rotatable bonds is 5. The molecule has 1 N–H and O–H groups in total. The summed E-state index contributed by atoms with van der Waals surface area (Å²) in [5.74, 6) is 0. The Kier molecular flexibility index (Phi) is 3.74. The van der Waals surface area contributed by atoms with Gasteiger partial charge < -0.3 is 9.67 Å². The molecule has 4 nitrogen and oxygen atoms in total. The Morgan fingerprint density at radius 2 is 2.19 bits per heavy atom.